The van der Waals surface area contributed by atoms with Gasteiger partial charge in [-0.2, -0.15) is 0 Å². The molecule has 1 amide bonds. The highest BCUT2D eigenvalue weighted by molar-refractivity contribution is 6.06. The minimum Gasteiger partial charge on any atom is -0.496 e. The number of hydrogen-bond acceptors (Lipinski definition) is 4. The third-order valence-corrected chi connectivity index (χ3v) is 3.59. The highest BCUT2D eigenvalue weighted by Gasteiger charge is 2.10. The number of terminal acetylenes is 1. The molecule has 0 saturated carbocycles. The second-order valence-electron chi connectivity index (χ2n) is 5.44. The SMILES string of the molecule is C#CCOCc1cc(C=CC(=O)Nc2ccccc2C(=O)O)ccc1OC. The Balaban J connectivity index is 2.11. The van der Waals surface area contributed by atoms with E-state index in [4.69, 9.17) is 21.0 Å². The molecule has 0 heterocycles. The molecule has 0 atom stereocenters. The van der Waals surface area contributed by atoms with Crippen LogP contribution in [0.15, 0.2) is 48.5 Å². The average molecular weight is 365 g/mol. The van der Waals surface area contributed by atoms with Crippen molar-refractivity contribution in [2.45, 2.75) is 6.61 Å². The van der Waals surface area contributed by atoms with Gasteiger partial charge in [0.2, 0.25) is 5.91 Å². The van der Waals surface area contributed by atoms with Crippen molar-refractivity contribution in [1.82, 2.24) is 0 Å². The zero-order valence-corrected chi connectivity index (χ0v) is 14.8. The minimum atomic E-state index is -1.11. The number of hydrogen-bond donors (Lipinski definition) is 2. The summed E-state index contributed by atoms with van der Waals surface area (Å²) in [6.07, 6.45) is 8.11. The van der Waals surface area contributed by atoms with E-state index in [1.807, 2.05) is 6.07 Å². The van der Waals surface area contributed by atoms with Crippen molar-refractivity contribution in [2.24, 2.45) is 0 Å². The van der Waals surface area contributed by atoms with Gasteiger partial charge < -0.3 is 19.9 Å². The van der Waals surface area contributed by atoms with Crippen molar-refractivity contribution < 1.29 is 24.2 Å². The third kappa shape index (κ3) is 5.73. The number of nitrogens with one attached hydrogen (secondary N) is 1. The molecule has 0 bridgehead atoms. The zero-order valence-electron chi connectivity index (χ0n) is 14.8. The van der Waals surface area contributed by atoms with Gasteiger partial charge >= 0.3 is 5.97 Å². The molecule has 2 aromatic rings. The van der Waals surface area contributed by atoms with Gasteiger partial charge in [0.1, 0.15) is 12.4 Å². The van der Waals surface area contributed by atoms with Crippen LogP contribution < -0.4 is 10.1 Å². The fraction of sp³-hybridized carbons (Fsp3) is 0.143. The number of carboxylic acid groups (broad SMARTS) is 1. The molecular formula is C21H19NO5. The first-order valence-corrected chi connectivity index (χ1v) is 8.04. The van der Waals surface area contributed by atoms with Crippen LogP contribution in [-0.4, -0.2) is 30.7 Å². The smallest absolute Gasteiger partial charge is 0.337 e. The Morgan fingerprint density at radius 2 is 2.04 bits per heavy atom. The molecule has 0 aliphatic heterocycles. The van der Waals surface area contributed by atoms with E-state index in [0.717, 1.165) is 11.1 Å². The van der Waals surface area contributed by atoms with E-state index in [0.29, 0.717) is 5.75 Å². The molecule has 0 unspecified atom stereocenters. The number of carboxylic acids is 1. The monoisotopic (exact) mass is 365 g/mol. The highest BCUT2D eigenvalue weighted by atomic mass is 16.5. The van der Waals surface area contributed by atoms with E-state index < -0.39 is 11.9 Å². The van der Waals surface area contributed by atoms with Gasteiger partial charge in [-0.15, -0.1) is 6.42 Å². The summed E-state index contributed by atoms with van der Waals surface area (Å²) < 4.78 is 10.6. The van der Waals surface area contributed by atoms with Crippen LogP contribution in [0.2, 0.25) is 0 Å². The zero-order chi connectivity index (χ0) is 19.6. The first kappa shape index (κ1) is 19.8. The molecule has 0 aliphatic carbocycles. The summed E-state index contributed by atoms with van der Waals surface area (Å²) >= 11 is 0. The maximum Gasteiger partial charge on any atom is 0.337 e. The predicted molar refractivity (Wildman–Crippen MR) is 103 cm³/mol. The Morgan fingerprint density at radius 3 is 2.74 bits per heavy atom. The first-order valence-electron chi connectivity index (χ1n) is 8.04. The molecular weight excluding hydrogens is 346 g/mol. The number of benzene rings is 2. The number of para-hydroxylation sites is 1. The standard InChI is InChI=1S/C21H19NO5/c1-3-12-27-14-16-13-15(8-10-19(16)26-2)9-11-20(23)22-18-7-5-4-6-17(18)21(24)25/h1,4-11,13H,12,14H2,2H3,(H,22,23)(H,24,25). The molecule has 138 valence electrons. The van der Waals surface area contributed by atoms with Crippen LogP contribution in [0.4, 0.5) is 5.69 Å². The number of rotatable bonds is 8. The molecule has 0 radical (unpaired) electrons. The van der Waals surface area contributed by atoms with Gasteiger partial charge in [0.25, 0.3) is 0 Å². The quantitative estimate of drug-likeness (QED) is 0.426. The van der Waals surface area contributed by atoms with Crippen LogP contribution >= 0.6 is 0 Å². The van der Waals surface area contributed by atoms with Gasteiger partial charge in [-0.05, 0) is 35.9 Å². The van der Waals surface area contributed by atoms with Gasteiger partial charge in [0.05, 0.1) is 25.0 Å². The van der Waals surface area contributed by atoms with Crippen molar-refractivity contribution >= 4 is 23.6 Å². The second kappa shape index (κ2) is 9.80. The summed E-state index contributed by atoms with van der Waals surface area (Å²) in [5.41, 5.74) is 1.82. The van der Waals surface area contributed by atoms with Gasteiger partial charge in [-0.1, -0.05) is 24.1 Å². The Morgan fingerprint density at radius 1 is 1.26 bits per heavy atom. The van der Waals surface area contributed by atoms with Crippen LogP contribution in [0.25, 0.3) is 6.08 Å². The van der Waals surface area contributed by atoms with E-state index in [2.05, 4.69) is 11.2 Å². The summed E-state index contributed by atoms with van der Waals surface area (Å²) in [7, 11) is 1.56. The molecule has 0 spiro atoms. The fourth-order valence-electron chi connectivity index (χ4n) is 2.36. The Hall–Kier alpha value is -3.56. The molecule has 2 N–H and O–H groups in total. The summed E-state index contributed by atoms with van der Waals surface area (Å²) in [5.74, 6) is 1.50. The Kier molecular flexibility index (Phi) is 7.17. The van der Waals surface area contributed by atoms with Crippen molar-refractivity contribution in [1.29, 1.82) is 0 Å². The van der Waals surface area contributed by atoms with Crippen molar-refractivity contribution in [2.75, 3.05) is 19.0 Å². The number of aromatic carboxylic acids is 1. The number of carbonyl (C=O) groups excluding carboxylic acids is 1. The van der Waals surface area contributed by atoms with Gasteiger partial charge in [-0.3, -0.25) is 4.79 Å². The van der Waals surface area contributed by atoms with E-state index in [1.54, 1.807) is 37.5 Å². The maximum atomic E-state index is 12.1. The van der Waals surface area contributed by atoms with Crippen LogP contribution in [0.3, 0.4) is 0 Å². The van der Waals surface area contributed by atoms with Gasteiger partial charge in [0.15, 0.2) is 0 Å². The second-order valence-corrected chi connectivity index (χ2v) is 5.44. The summed E-state index contributed by atoms with van der Waals surface area (Å²) in [4.78, 5) is 23.3. The van der Waals surface area contributed by atoms with Gasteiger partial charge in [0, 0.05) is 11.6 Å². The maximum absolute atomic E-state index is 12.1. The first-order chi connectivity index (χ1) is 13.0. The van der Waals surface area contributed by atoms with Crippen molar-refractivity contribution in [3.05, 3.63) is 65.2 Å². The number of carbonyl (C=O) groups is 2. The molecule has 2 aromatic carbocycles. The molecule has 6 nitrogen and oxygen atoms in total. The molecule has 2 rings (SSSR count). The van der Waals surface area contributed by atoms with Crippen molar-refractivity contribution in [3.63, 3.8) is 0 Å². The van der Waals surface area contributed by atoms with E-state index in [1.165, 1.54) is 18.2 Å². The topological polar surface area (TPSA) is 84.9 Å². The van der Waals surface area contributed by atoms with Crippen molar-refractivity contribution in [3.8, 4) is 18.1 Å². The Labute approximate surface area is 157 Å². The molecule has 0 fully saturated rings. The fourth-order valence-corrected chi connectivity index (χ4v) is 2.36. The van der Waals surface area contributed by atoms with Crippen LogP contribution in [-0.2, 0) is 16.1 Å². The van der Waals surface area contributed by atoms with Crippen LogP contribution in [0, 0.1) is 12.3 Å². The lowest BCUT2D eigenvalue weighted by atomic mass is 10.1. The van der Waals surface area contributed by atoms with E-state index in [-0.39, 0.29) is 24.5 Å². The molecule has 27 heavy (non-hydrogen) atoms. The van der Waals surface area contributed by atoms with E-state index >= 15 is 0 Å². The minimum absolute atomic E-state index is 0.0247. The number of methoxy groups -OCH3 is 1. The summed E-state index contributed by atoms with van der Waals surface area (Å²) in [6.45, 7) is 0.474. The lowest BCUT2D eigenvalue weighted by molar-refractivity contribution is -0.111. The Bertz CT molecular complexity index is 896. The number of anilines is 1. The highest BCUT2D eigenvalue weighted by Crippen LogP contribution is 2.22. The number of ether oxygens (including phenoxy) is 2. The number of amides is 1. The van der Waals surface area contributed by atoms with Crippen LogP contribution in [0.1, 0.15) is 21.5 Å². The lowest BCUT2D eigenvalue weighted by Crippen LogP contribution is -2.11. The lowest BCUT2D eigenvalue weighted by Gasteiger charge is -2.09. The third-order valence-electron chi connectivity index (χ3n) is 3.59. The largest absolute Gasteiger partial charge is 0.496 e. The van der Waals surface area contributed by atoms with Crippen LogP contribution in [0.5, 0.6) is 5.75 Å². The van der Waals surface area contributed by atoms with Gasteiger partial charge in [-0.25, -0.2) is 4.79 Å². The predicted octanol–water partition coefficient (Wildman–Crippen LogP) is 3.20. The summed E-state index contributed by atoms with van der Waals surface area (Å²) in [5, 5.41) is 11.7. The molecule has 0 aliphatic rings. The normalized spacial score (nSPS) is 10.4. The molecule has 0 aromatic heterocycles. The summed E-state index contributed by atoms with van der Waals surface area (Å²) in [6, 6.07) is 11.6. The van der Waals surface area contributed by atoms with E-state index in [9.17, 15) is 9.59 Å². The molecule has 6 heteroatoms. The molecule has 0 saturated heterocycles. The average Bonchev–Trinajstić information content (AvgIpc) is 2.67.